The van der Waals surface area contributed by atoms with Crippen LogP contribution in [0, 0.1) is 18.4 Å². The lowest BCUT2D eigenvalue weighted by molar-refractivity contribution is 0.282. The third kappa shape index (κ3) is 4.94. The van der Waals surface area contributed by atoms with E-state index < -0.39 is 9.84 Å². The quantitative estimate of drug-likeness (QED) is 0.621. The number of nitrogens with zero attached hydrogens (tertiary/aromatic N) is 4. The molecule has 7 nitrogen and oxygen atoms in total. The maximum atomic E-state index is 11.6. The van der Waals surface area contributed by atoms with Crippen molar-refractivity contribution in [1.29, 1.82) is 0 Å². The smallest absolute Gasteiger partial charge is 0.287 e. The first-order valence-electron chi connectivity index (χ1n) is 10.4. The Morgan fingerprint density at radius 1 is 1.23 bits per heavy atom. The zero-order valence-corrected chi connectivity index (χ0v) is 19.0. The first kappa shape index (κ1) is 21.8. The minimum absolute atomic E-state index is 0.212. The van der Waals surface area contributed by atoms with Crippen LogP contribution in [0.1, 0.15) is 25.7 Å². The Morgan fingerprint density at radius 2 is 1.87 bits per heavy atom. The van der Waals surface area contributed by atoms with E-state index in [0.717, 1.165) is 44.7 Å². The van der Waals surface area contributed by atoms with Crippen LogP contribution in [-0.4, -0.2) is 49.9 Å². The molecule has 0 bridgehead atoms. The Morgan fingerprint density at radius 3 is 2.45 bits per heavy atom. The molecular formula is C22H26ClN4O3S+. The Labute approximate surface area is 188 Å². The van der Waals surface area contributed by atoms with Gasteiger partial charge in [0.2, 0.25) is 5.95 Å². The van der Waals surface area contributed by atoms with Crippen LogP contribution >= 0.6 is 11.6 Å². The maximum absolute atomic E-state index is 11.6. The summed E-state index contributed by atoms with van der Waals surface area (Å²) in [5.74, 6) is 2.42. The van der Waals surface area contributed by atoms with Crippen molar-refractivity contribution in [1.82, 2.24) is 9.97 Å². The number of rotatable bonds is 7. The Bertz CT molecular complexity index is 1060. The highest BCUT2D eigenvalue weighted by atomic mass is 35.5. The van der Waals surface area contributed by atoms with Crippen molar-refractivity contribution in [3.63, 3.8) is 0 Å². The summed E-state index contributed by atoms with van der Waals surface area (Å²) >= 11 is 5.88. The van der Waals surface area contributed by atoms with Crippen LogP contribution in [-0.2, 0) is 9.84 Å². The molecule has 2 fully saturated rings. The number of halogens is 1. The highest BCUT2D eigenvalue weighted by molar-refractivity contribution is 7.90. The fourth-order valence-corrected chi connectivity index (χ4v) is 5.26. The van der Waals surface area contributed by atoms with Crippen molar-refractivity contribution in [3.05, 3.63) is 46.5 Å². The SMILES string of the molecule is C#[N+][C@]1(CCOc2ccc(S(C)(=O)=O)cc2)C[C@@H]1C1CCN(c2ncc(Cl)cn2)CC1. The molecule has 2 heterocycles. The maximum Gasteiger partial charge on any atom is 0.287 e. The van der Waals surface area contributed by atoms with Crippen molar-refractivity contribution in [2.45, 2.75) is 36.1 Å². The van der Waals surface area contributed by atoms with Crippen molar-refractivity contribution in [3.8, 4) is 12.3 Å². The molecule has 1 saturated heterocycles. The average Bonchev–Trinajstić information content (AvgIpc) is 3.49. The summed E-state index contributed by atoms with van der Waals surface area (Å²) in [5.41, 5.74) is -0.212. The van der Waals surface area contributed by atoms with Crippen LogP contribution in [0.25, 0.3) is 4.85 Å². The number of aromatic nitrogens is 2. The lowest BCUT2D eigenvalue weighted by Gasteiger charge is -2.31. The molecular weight excluding hydrogens is 436 g/mol. The summed E-state index contributed by atoms with van der Waals surface area (Å²) in [5, 5.41) is 0.541. The van der Waals surface area contributed by atoms with Gasteiger partial charge in [0.05, 0.1) is 41.3 Å². The van der Waals surface area contributed by atoms with E-state index >= 15 is 0 Å². The summed E-state index contributed by atoms with van der Waals surface area (Å²) in [6.07, 6.45) is 8.30. The second-order valence-corrected chi connectivity index (χ2v) is 10.9. The predicted molar refractivity (Wildman–Crippen MR) is 121 cm³/mol. The Hall–Kier alpha value is -2.37. The highest BCUT2D eigenvalue weighted by Crippen LogP contribution is 2.56. The standard InChI is InChI=1S/C22H26ClN4O3S/c1-24-22(9-12-30-18-3-5-19(6-4-18)31(2,28)29)13-20(22)16-7-10-27(11-8-16)21-25-14-17(23)15-26-21/h1,3-6,14-16,20H,7-13H2,2H3/q+1/t20-,22-/m1/s1. The fourth-order valence-electron chi connectivity index (χ4n) is 4.53. The summed E-state index contributed by atoms with van der Waals surface area (Å²) in [4.78, 5) is 15.3. The van der Waals surface area contributed by atoms with E-state index in [0.29, 0.717) is 29.2 Å². The second kappa shape index (κ2) is 8.64. The van der Waals surface area contributed by atoms with Gasteiger partial charge in [-0.2, -0.15) is 0 Å². The molecule has 0 radical (unpaired) electrons. The van der Waals surface area contributed by atoms with E-state index in [1.54, 1.807) is 36.7 Å². The van der Waals surface area contributed by atoms with Crippen LogP contribution in [0.15, 0.2) is 41.6 Å². The molecule has 0 N–H and O–H groups in total. The van der Waals surface area contributed by atoms with Crippen molar-refractivity contribution in [2.24, 2.45) is 11.8 Å². The molecule has 0 spiro atoms. The molecule has 1 saturated carbocycles. The second-order valence-electron chi connectivity index (χ2n) is 8.41. The number of ether oxygens (including phenoxy) is 1. The van der Waals surface area contributed by atoms with Gasteiger partial charge in [0.25, 0.3) is 12.1 Å². The minimum Gasteiger partial charge on any atom is -0.493 e. The number of anilines is 1. The van der Waals surface area contributed by atoms with Gasteiger partial charge in [-0.3, -0.25) is 0 Å². The van der Waals surface area contributed by atoms with Gasteiger partial charge in [-0.1, -0.05) is 16.4 Å². The summed E-state index contributed by atoms with van der Waals surface area (Å²) in [6, 6.07) is 6.49. The number of sulfone groups is 1. The molecule has 1 aliphatic carbocycles. The lowest BCUT2D eigenvalue weighted by Crippen LogP contribution is -2.36. The van der Waals surface area contributed by atoms with Gasteiger partial charge in [-0.25, -0.2) is 18.4 Å². The van der Waals surface area contributed by atoms with Gasteiger partial charge >= 0.3 is 0 Å². The summed E-state index contributed by atoms with van der Waals surface area (Å²) in [6.45, 7) is 8.12. The van der Waals surface area contributed by atoms with Gasteiger partial charge in [-0.05, 0) is 43.0 Å². The van der Waals surface area contributed by atoms with E-state index in [9.17, 15) is 8.42 Å². The average molecular weight is 462 g/mol. The zero-order chi connectivity index (χ0) is 22.1. The molecule has 1 aromatic carbocycles. The summed E-state index contributed by atoms with van der Waals surface area (Å²) in [7, 11) is -3.20. The number of piperidine rings is 1. The van der Waals surface area contributed by atoms with Crippen molar-refractivity contribution < 1.29 is 13.2 Å². The largest absolute Gasteiger partial charge is 0.493 e. The molecule has 1 aliphatic heterocycles. The fraction of sp³-hybridized carbons (Fsp3) is 0.500. The highest BCUT2D eigenvalue weighted by Gasteiger charge is 2.67. The third-order valence-electron chi connectivity index (χ3n) is 6.41. The van der Waals surface area contributed by atoms with Gasteiger partial charge in [0, 0.05) is 25.8 Å². The predicted octanol–water partition coefficient (Wildman–Crippen LogP) is 3.94. The molecule has 1 aromatic heterocycles. The van der Waals surface area contributed by atoms with Gasteiger partial charge in [0.15, 0.2) is 9.84 Å². The van der Waals surface area contributed by atoms with Gasteiger partial charge in [-0.15, -0.1) is 0 Å². The zero-order valence-electron chi connectivity index (χ0n) is 17.4. The van der Waals surface area contributed by atoms with E-state index in [-0.39, 0.29) is 10.4 Å². The van der Waals surface area contributed by atoms with E-state index in [2.05, 4.69) is 19.7 Å². The van der Waals surface area contributed by atoms with Crippen LogP contribution in [0.5, 0.6) is 5.75 Å². The van der Waals surface area contributed by atoms with Crippen LogP contribution in [0.3, 0.4) is 0 Å². The monoisotopic (exact) mass is 461 g/mol. The van der Waals surface area contributed by atoms with Crippen LogP contribution < -0.4 is 9.64 Å². The van der Waals surface area contributed by atoms with E-state index in [4.69, 9.17) is 22.9 Å². The van der Waals surface area contributed by atoms with E-state index in [1.165, 1.54) is 6.26 Å². The Kier molecular flexibility index (Phi) is 6.09. The minimum atomic E-state index is -3.20. The molecule has 4 rings (SSSR count). The molecule has 164 valence electrons. The molecule has 0 amide bonds. The normalized spacial score (nSPS) is 23.9. The third-order valence-corrected chi connectivity index (χ3v) is 7.74. The molecule has 31 heavy (non-hydrogen) atoms. The molecule has 0 unspecified atom stereocenters. The topological polar surface area (TPSA) is 76.8 Å². The molecule has 2 atom stereocenters. The van der Waals surface area contributed by atoms with Crippen LogP contribution in [0.4, 0.5) is 5.95 Å². The molecule has 2 aromatic rings. The number of hydrogen-bond donors (Lipinski definition) is 0. The van der Waals surface area contributed by atoms with Crippen molar-refractivity contribution >= 4 is 27.4 Å². The first-order chi connectivity index (χ1) is 14.8. The molecule has 2 aliphatic rings. The number of benzene rings is 1. The number of hydrogen-bond acceptors (Lipinski definition) is 6. The van der Waals surface area contributed by atoms with Crippen molar-refractivity contribution in [2.75, 3.05) is 30.9 Å². The van der Waals surface area contributed by atoms with E-state index in [1.807, 2.05) is 0 Å². The Balaban J connectivity index is 1.26. The van der Waals surface area contributed by atoms with Gasteiger partial charge < -0.3 is 9.64 Å². The lowest BCUT2D eigenvalue weighted by atomic mass is 9.89. The molecule has 9 heteroatoms. The van der Waals surface area contributed by atoms with Gasteiger partial charge in [0.1, 0.15) is 5.75 Å². The van der Waals surface area contributed by atoms with Crippen LogP contribution in [0.2, 0.25) is 5.02 Å². The first-order valence-corrected chi connectivity index (χ1v) is 12.7. The summed E-state index contributed by atoms with van der Waals surface area (Å²) < 4.78 is 28.9.